The van der Waals surface area contributed by atoms with Crippen molar-refractivity contribution in [3.63, 3.8) is 0 Å². The molecule has 0 saturated carbocycles. The summed E-state index contributed by atoms with van der Waals surface area (Å²) in [5.41, 5.74) is 3.51. The van der Waals surface area contributed by atoms with Crippen molar-refractivity contribution >= 4 is 29.0 Å². The maximum absolute atomic E-state index is 12.1. The van der Waals surface area contributed by atoms with Gasteiger partial charge in [0.15, 0.2) is 5.11 Å². The lowest BCUT2D eigenvalue weighted by Gasteiger charge is -2.30. The highest BCUT2D eigenvalue weighted by atomic mass is 32.1. The van der Waals surface area contributed by atoms with E-state index >= 15 is 0 Å². The molecule has 0 spiro atoms. The lowest BCUT2D eigenvalue weighted by atomic mass is 9.79. The number of anilines is 1. The highest BCUT2D eigenvalue weighted by molar-refractivity contribution is 7.80. The van der Waals surface area contributed by atoms with E-state index < -0.39 is 0 Å². The van der Waals surface area contributed by atoms with Crippen LogP contribution in [0.25, 0.3) is 0 Å². The maximum Gasteiger partial charge on any atom is 0.338 e. The van der Waals surface area contributed by atoms with Gasteiger partial charge in [-0.3, -0.25) is 0 Å². The summed E-state index contributed by atoms with van der Waals surface area (Å²) in [6.45, 7) is 10.6. The normalized spacial score (nSPS) is 12.2. The highest BCUT2D eigenvalue weighted by Crippen LogP contribution is 2.28. The standard InChI is InChI=1S/C23H30N2O2S/c1-6-27-21(26)19-13-10-14-20(17(19)3)25-22(28)24-16(2)15-23(4,5)18-11-8-7-9-12-18/h7-14,16H,6,15H2,1-5H3,(H2,24,25,28)/t16-/m0/s1. The Morgan fingerprint density at radius 1 is 1.14 bits per heavy atom. The van der Waals surface area contributed by atoms with Crippen LogP contribution >= 0.6 is 12.2 Å². The fourth-order valence-corrected chi connectivity index (χ4v) is 3.72. The molecule has 2 aromatic carbocycles. The molecule has 0 aliphatic carbocycles. The summed E-state index contributed by atoms with van der Waals surface area (Å²) in [6, 6.07) is 16.2. The second kappa shape index (κ2) is 9.69. The summed E-state index contributed by atoms with van der Waals surface area (Å²) < 4.78 is 5.11. The number of hydrogen-bond donors (Lipinski definition) is 2. The first-order valence-electron chi connectivity index (χ1n) is 9.64. The lowest BCUT2D eigenvalue weighted by molar-refractivity contribution is 0.0525. The molecule has 150 valence electrons. The monoisotopic (exact) mass is 398 g/mol. The topological polar surface area (TPSA) is 50.4 Å². The second-order valence-electron chi connectivity index (χ2n) is 7.65. The Bertz CT molecular complexity index is 819. The van der Waals surface area contributed by atoms with Crippen molar-refractivity contribution < 1.29 is 9.53 Å². The first kappa shape index (κ1) is 21.9. The van der Waals surface area contributed by atoms with Gasteiger partial charge in [-0.1, -0.05) is 50.2 Å². The van der Waals surface area contributed by atoms with Gasteiger partial charge in [0.1, 0.15) is 0 Å². The van der Waals surface area contributed by atoms with Gasteiger partial charge in [0.05, 0.1) is 12.2 Å². The minimum atomic E-state index is -0.319. The molecule has 0 aliphatic heterocycles. The Morgan fingerprint density at radius 3 is 2.46 bits per heavy atom. The number of carbonyl (C=O) groups excluding carboxylic acids is 1. The van der Waals surface area contributed by atoms with E-state index in [0.717, 1.165) is 17.7 Å². The minimum Gasteiger partial charge on any atom is -0.462 e. The van der Waals surface area contributed by atoms with E-state index in [0.29, 0.717) is 17.3 Å². The summed E-state index contributed by atoms with van der Waals surface area (Å²) in [5, 5.41) is 7.12. The molecular weight excluding hydrogens is 368 g/mol. The van der Waals surface area contributed by atoms with Crippen LogP contribution in [0.15, 0.2) is 48.5 Å². The molecule has 0 radical (unpaired) electrons. The van der Waals surface area contributed by atoms with Crippen LogP contribution in [0.4, 0.5) is 5.69 Å². The van der Waals surface area contributed by atoms with Crippen molar-refractivity contribution in [3.8, 4) is 0 Å². The Morgan fingerprint density at radius 2 is 1.82 bits per heavy atom. The van der Waals surface area contributed by atoms with Crippen molar-refractivity contribution in [2.24, 2.45) is 0 Å². The molecule has 2 aromatic rings. The largest absolute Gasteiger partial charge is 0.462 e. The molecule has 0 saturated heterocycles. The van der Waals surface area contributed by atoms with Crippen LogP contribution in [0.1, 0.15) is 55.6 Å². The molecule has 0 bridgehead atoms. The van der Waals surface area contributed by atoms with Gasteiger partial charge in [-0.05, 0) is 68.1 Å². The molecule has 5 heteroatoms. The van der Waals surface area contributed by atoms with E-state index in [1.807, 2.05) is 25.1 Å². The molecule has 0 unspecified atom stereocenters. The fraction of sp³-hybridized carbons (Fsp3) is 0.391. The SMILES string of the molecule is CCOC(=O)c1cccc(NC(=S)N[C@@H](C)CC(C)(C)c2ccccc2)c1C. The van der Waals surface area contributed by atoms with E-state index in [1.54, 1.807) is 13.0 Å². The molecule has 28 heavy (non-hydrogen) atoms. The van der Waals surface area contributed by atoms with Crippen molar-refractivity contribution in [1.82, 2.24) is 5.32 Å². The third-order valence-corrected chi connectivity index (χ3v) is 5.05. The van der Waals surface area contributed by atoms with Gasteiger partial charge in [0.25, 0.3) is 0 Å². The molecule has 0 aliphatic rings. The van der Waals surface area contributed by atoms with Crippen LogP contribution in [0.5, 0.6) is 0 Å². The number of esters is 1. The molecule has 2 rings (SSSR count). The van der Waals surface area contributed by atoms with E-state index in [4.69, 9.17) is 17.0 Å². The number of hydrogen-bond acceptors (Lipinski definition) is 3. The molecule has 4 nitrogen and oxygen atoms in total. The van der Waals surface area contributed by atoms with Crippen LogP contribution in [-0.4, -0.2) is 23.7 Å². The van der Waals surface area contributed by atoms with Crippen molar-refractivity contribution in [2.45, 2.75) is 52.5 Å². The van der Waals surface area contributed by atoms with E-state index in [1.165, 1.54) is 5.56 Å². The maximum atomic E-state index is 12.1. The summed E-state index contributed by atoms with van der Waals surface area (Å²) in [4.78, 5) is 12.1. The Kier molecular flexibility index (Phi) is 7.58. The highest BCUT2D eigenvalue weighted by Gasteiger charge is 2.23. The van der Waals surface area contributed by atoms with Crippen molar-refractivity contribution in [3.05, 3.63) is 65.2 Å². The average Bonchev–Trinajstić information content (AvgIpc) is 2.63. The molecular formula is C23H30N2O2S. The minimum absolute atomic E-state index is 0.0308. The van der Waals surface area contributed by atoms with E-state index in [-0.39, 0.29) is 17.4 Å². The fourth-order valence-electron chi connectivity index (χ4n) is 3.41. The molecule has 0 heterocycles. The number of rotatable bonds is 7. The summed E-state index contributed by atoms with van der Waals surface area (Å²) >= 11 is 5.50. The smallest absolute Gasteiger partial charge is 0.338 e. The number of benzene rings is 2. The quantitative estimate of drug-likeness (QED) is 0.495. The molecule has 2 N–H and O–H groups in total. The average molecular weight is 399 g/mol. The molecule has 0 amide bonds. The third kappa shape index (κ3) is 5.80. The van der Waals surface area contributed by atoms with Crippen LogP contribution < -0.4 is 10.6 Å². The first-order chi connectivity index (χ1) is 13.2. The number of thiocarbonyl (C=S) groups is 1. The molecule has 0 fully saturated rings. The number of carbonyl (C=O) groups is 1. The summed E-state index contributed by atoms with van der Waals surface area (Å²) in [6.07, 6.45) is 0.931. The van der Waals surface area contributed by atoms with Crippen molar-refractivity contribution in [2.75, 3.05) is 11.9 Å². The zero-order chi connectivity index (χ0) is 20.7. The van der Waals surface area contributed by atoms with Gasteiger partial charge in [0, 0.05) is 11.7 Å². The Balaban J connectivity index is 2.00. The van der Waals surface area contributed by atoms with Crippen LogP contribution in [0, 0.1) is 6.92 Å². The molecule has 0 aromatic heterocycles. The number of nitrogens with one attached hydrogen (secondary N) is 2. The predicted molar refractivity (Wildman–Crippen MR) is 120 cm³/mol. The first-order valence-corrected chi connectivity index (χ1v) is 10.0. The zero-order valence-corrected chi connectivity index (χ0v) is 18.2. The van der Waals surface area contributed by atoms with Gasteiger partial charge in [-0.15, -0.1) is 0 Å². The van der Waals surface area contributed by atoms with Gasteiger partial charge in [-0.2, -0.15) is 0 Å². The number of ether oxygens (including phenoxy) is 1. The van der Waals surface area contributed by atoms with Crippen LogP contribution in [0.2, 0.25) is 0 Å². The van der Waals surface area contributed by atoms with Gasteiger partial charge in [-0.25, -0.2) is 4.79 Å². The van der Waals surface area contributed by atoms with E-state index in [9.17, 15) is 4.79 Å². The third-order valence-electron chi connectivity index (χ3n) is 4.83. The summed E-state index contributed by atoms with van der Waals surface area (Å²) in [7, 11) is 0. The molecule has 1 atom stereocenters. The predicted octanol–water partition coefficient (Wildman–Crippen LogP) is 5.21. The van der Waals surface area contributed by atoms with Crippen molar-refractivity contribution in [1.29, 1.82) is 0 Å². The second-order valence-corrected chi connectivity index (χ2v) is 8.06. The Hall–Kier alpha value is -2.40. The van der Waals surface area contributed by atoms with Gasteiger partial charge in [0.2, 0.25) is 0 Å². The van der Waals surface area contributed by atoms with Gasteiger partial charge < -0.3 is 15.4 Å². The van der Waals surface area contributed by atoms with Gasteiger partial charge >= 0.3 is 5.97 Å². The zero-order valence-electron chi connectivity index (χ0n) is 17.3. The van der Waals surface area contributed by atoms with E-state index in [2.05, 4.69) is 55.7 Å². The summed E-state index contributed by atoms with van der Waals surface area (Å²) in [5.74, 6) is -0.319. The van der Waals surface area contributed by atoms with Crippen LogP contribution in [-0.2, 0) is 10.2 Å². The van der Waals surface area contributed by atoms with Crippen LogP contribution in [0.3, 0.4) is 0 Å². The Labute approximate surface area is 173 Å². The lowest BCUT2D eigenvalue weighted by Crippen LogP contribution is -2.39.